The Morgan fingerprint density at radius 2 is 1.03 bits per heavy atom. The molecule has 0 N–H and O–H groups in total. The van der Waals surface area contributed by atoms with Crippen LogP contribution < -0.4 is 9.47 Å². The summed E-state index contributed by atoms with van der Waals surface area (Å²) in [4.78, 5) is 59.7. The summed E-state index contributed by atoms with van der Waals surface area (Å²) in [5.41, 5.74) is 1.07. The maximum absolute atomic E-state index is 12.5. The topological polar surface area (TPSA) is 122 Å². The molecule has 0 aromatic heterocycles. The quantitative estimate of drug-likeness (QED) is 0.329. The van der Waals surface area contributed by atoms with Crippen molar-refractivity contribution in [3.8, 4) is 11.5 Å². The molecule has 2 aliphatic rings. The highest BCUT2D eigenvalue weighted by atomic mass is 16.6. The highest BCUT2D eigenvalue weighted by Gasteiger charge is 2.30. The second-order valence-corrected chi connectivity index (χ2v) is 7.26. The third-order valence-electron chi connectivity index (χ3n) is 5.12. The van der Waals surface area contributed by atoms with Crippen molar-refractivity contribution in [3.63, 3.8) is 0 Å². The first-order chi connectivity index (χ1) is 16.3. The number of cyclic esters (lactones) is 3. The normalized spacial score (nSPS) is 13.6. The van der Waals surface area contributed by atoms with Crippen molar-refractivity contribution in [2.45, 2.75) is 0 Å². The Morgan fingerprint density at radius 3 is 1.59 bits per heavy atom. The van der Waals surface area contributed by atoms with E-state index in [0.29, 0.717) is 11.1 Å². The minimum atomic E-state index is -0.826. The highest BCUT2D eigenvalue weighted by molar-refractivity contribution is 6.15. The summed E-state index contributed by atoms with van der Waals surface area (Å²) >= 11 is 0. The van der Waals surface area contributed by atoms with Crippen LogP contribution in [0, 0.1) is 0 Å². The van der Waals surface area contributed by atoms with Gasteiger partial charge in [0.05, 0.1) is 27.8 Å². The SMILES string of the molecule is C=C1OC(=O)c2ccc(C(=O)Oc3ccc(OC(=O)c4ccc5c(c4)C(=O)OC5=O)cc3)cc21. The number of esters is 5. The van der Waals surface area contributed by atoms with Crippen molar-refractivity contribution in [3.05, 3.63) is 101 Å². The molecule has 3 aromatic carbocycles. The number of benzene rings is 3. The number of rotatable bonds is 4. The molecule has 0 saturated heterocycles. The van der Waals surface area contributed by atoms with Gasteiger partial charge in [-0.05, 0) is 60.7 Å². The molecular weight excluding hydrogens is 444 g/mol. The lowest BCUT2D eigenvalue weighted by molar-refractivity contribution is 0.0442. The molecule has 0 saturated carbocycles. The maximum atomic E-state index is 12.5. The van der Waals surface area contributed by atoms with E-state index in [4.69, 9.17) is 14.2 Å². The van der Waals surface area contributed by atoms with E-state index in [1.807, 2.05) is 0 Å². The molecule has 0 unspecified atom stereocenters. The zero-order chi connectivity index (χ0) is 24.0. The van der Waals surface area contributed by atoms with E-state index in [-0.39, 0.29) is 39.5 Å². The van der Waals surface area contributed by atoms with Crippen LogP contribution in [0.2, 0.25) is 0 Å². The monoisotopic (exact) mass is 456 g/mol. The van der Waals surface area contributed by atoms with Crippen LogP contribution in [0.3, 0.4) is 0 Å². The van der Waals surface area contributed by atoms with Crippen LogP contribution in [0.15, 0.2) is 67.2 Å². The minimum absolute atomic E-state index is 0.00670. The molecule has 2 aliphatic heterocycles. The van der Waals surface area contributed by atoms with Crippen LogP contribution in [0.4, 0.5) is 0 Å². The minimum Gasteiger partial charge on any atom is -0.423 e. The molecule has 166 valence electrons. The molecule has 3 aromatic rings. The summed E-state index contributed by atoms with van der Waals surface area (Å²) in [6.07, 6.45) is 0. The lowest BCUT2D eigenvalue weighted by Gasteiger charge is -2.08. The predicted molar refractivity (Wildman–Crippen MR) is 113 cm³/mol. The lowest BCUT2D eigenvalue weighted by Crippen LogP contribution is -2.10. The molecule has 9 heteroatoms. The zero-order valence-corrected chi connectivity index (χ0v) is 17.2. The van der Waals surface area contributed by atoms with Gasteiger partial charge in [0.1, 0.15) is 17.3 Å². The van der Waals surface area contributed by atoms with Gasteiger partial charge in [0.2, 0.25) is 0 Å². The van der Waals surface area contributed by atoms with E-state index in [2.05, 4.69) is 11.3 Å². The Bertz CT molecular complexity index is 1340. The molecule has 0 bridgehead atoms. The second kappa shape index (κ2) is 7.82. The Labute approximate surface area is 191 Å². The fraction of sp³-hybridized carbons (Fsp3) is 0. The van der Waals surface area contributed by atoms with Gasteiger partial charge in [0.25, 0.3) is 0 Å². The summed E-state index contributed by atoms with van der Waals surface area (Å²) in [5, 5.41) is 0. The third kappa shape index (κ3) is 3.61. The highest BCUT2D eigenvalue weighted by Crippen LogP contribution is 2.29. The van der Waals surface area contributed by atoms with Crippen molar-refractivity contribution in [2.75, 3.05) is 0 Å². The first-order valence-electron chi connectivity index (χ1n) is 9.80. The number of fused-ring (bicyclic) bond motifs is 2. The van der Waals surface area contributed by atoms with Crippen LogP contribution in [-0.4, -0.2) is 29.8 Å². The van der Waals surface area contributed by atoms with Crippen LogP contribution in [0.5, 0.6) is 11.5 Å². The Morgan fingerprint density at radius 1 is 0.588 bits per heavy atom. The fourth-order valence-electron chi connectivity index (χ4n) is 3.42. The molecule has 0 fully saturated rings. The van der Waals surface area contributed by atoms with Crippen molar-refractivity contribution in [2.24, 2.45) is 0 Å². The van der Waals surface area contributed by atoms with Gasteiger partial charge in [-0.2, -0.15) is 0 Å². The van der Waals surface area contributed by atoms with Gasteiger partial charge in [0.15, 0.2) is 0 Å². The number of carbonyl (C=O) groups excluding carboxylic acids is 5. The molecule has 34 heavy (non-hydrogen) atoms. The summed E-state index contributed by atoms with van der Waals surface area (Å²) in [7, 11) is 0. The molecule has 9 nitrogen and oxygen atoms in total. The van der Waals surface area contributed by atoms with Gasteiger partial charge in [-0.15, -0.1) is 0 Å². The second-order valence-electron chi connectivity index (χ2n) is 7.26. The molecule has 0 aliphatic carbocycles. The van der Waals surface area contributed by atoms with Crippen molar-refractivity contribution in [1.82, 2.24) is 0 Å². The first-order valence-corrected chi connectivity index (χ1v) is 9.80. The average Bonchev–Trinajstić information content (AvgIpc) is 3.28. The summed E-state index contributed by atoms with van der Waals surface area (Å²) in [5.74, 6) is -3.03. The smallest absolute Gasteiger partial charge is 0.346 e. The standard InChI is InChI=1S/C25H12O9/c1-12-19-10-13(2-8-17(19)23(28)31-12)21(26)32-15-4-6-16(7-5-15)33-22(27)14-3-9-18-20(11-14)25(30)34-24(18)29/h2-11H,1H2. The maximum Gasteiger partial charge on any atom is 0.346 e. The summed E-state index contributed by atoms with van der Waals surface area (Å²) in [6, 6.07) is 14.0. The van der Waals surface area contributed by atoms with Gasteiger partial charge < -0.3 is 18.9 Å². The van der Waals surface area contributed by atoms with Gasteiger partial charge in [-0.3, -0.25) is 0 Å². The van der Waals surface area contributed by atoms with Crippen LogP contribution in [0.25, 0.3) is 5.76 Å². The molecule has 0 spiro atoms. The molecule has 0 radical (unpaired) electrons. The van der Waals surface area contributed by atoms with Gasteiger partial charge in [-0.1, -0.05) is 6.58 Å². The molecule has 0 atom stereocenters. The molecular formula is C25H12O9. The van der Waals surface area contributed by atoms with E-state index in [9.17, 15) is 24.0 Å². The number of carbonyl (C=O) groups is 5. The van der Waals surface area contributed by atoms with Crippen LogP contribution >= 0.6 is 0 Å². The average molecular weight is 456 g/mol. The van der Waals surface area contributed by atoms with Gasteiger partial charge in [-0.25, -0.2) is 24.0 Å². The number of hydrogen-bond donors (Lipinski definition) is 0. The van der Waals surface area contributed by atoms with E-state index in [1.165, 1.54) is 60.7 Å². The molecule has 5 rings (SSSR count). The van der Waals surface area contributed by atoms with E-state index >= 15 is 0 Å². The van der Waals surface area contributed by atoms with E-state index < -0.39 is 29.8 Å². The van der Waals surface area contributed by atoms with Crippen LogP contribution in [-0.2, 0) is 9.47 Å². The Hall–Kier alpha value is -5.05. The van der Waals surface area contributed by atoms with Gasteiger partial charge in [0, 0.05) is 5.56 Å². The Balaban J connectivity index is 1.26. The third-order valence-corrected chi connectivity index (χ3v) is 5.12. The first kappa shape index (κ1) is 20.8. The number of ether oxygens (including phenoxy) is 4. The summed E-state index contributed by atoms with van der Waals surface area (Å²) in [6.45, 7) is 3.64. The summed E-state index contributed by atoms with van der Waals surface area (Å²) < 4.78 is 20.0. The van der Waals surface area contributed by atoms with Crippen LogP contribution in [0.1, 0.15) is 57.4 Å². The van der Waals surface area contributed by atoms with Gasteiger partial charge >= 0.3 is 29.8 Å². The van der Waals surface area contributed by atoms with E-state index in [1.54, 1.807) is 0 Å². The largest absolute Gasteiger partial charge is 0.423 e. The molecule has 2 heterocycles. The van der Waals surface area contributed by atoms with Crippen molar-refractivity contribution in [1.29, 1.82) is 0 Å². The fourth-order valence-corrected chi connectivity index (χ4v) is 3.42. The zero-order valence-electron chi connectivity index (χ0n) is 17.2. The Kier molecular flexibility index (Phi) is 4.79. The predicted octanol–water partition coefficient (Wildman–Crippen LogP) is 3.58. The lowest BCUT2D eigenvalue weighted by atomic mass is 10.0. The van der Waals surface area contributed by atoms with E-state index in [0.717, 1.165) is 0 Å². The number of hydrogen-bond acceptors (Lipinski definition) is 9. The molecule has 0 amide bonds. The van der Waals surface area contributed by atoms with Crippen molar-refractivity contribution < 1.29 is 42.9 Å². The van der Waals surface area contributed by atoms with Crippen molar-refractivity contribution >= 4 is 35.6 Å².